The minimum Gasteiger partial charge on any atom is -0.497 e. The summed E-state index contributed by atoms with van der Waals surface area (Å²) in [5.41, 5.74) is 5.14. The van der Waals surface area contributed by atoms with Crippen LogP contribution in [0.25, 0.3) is 0 Å². The Bertz CT molecular complexity index is 564. The van der Waals surface area contributed by atoms with Crippen molar-refractivity contribution in [3.05, 3.63) is 23.2 Å². The minimum atomic E-state index is -1.42. The van der Waals surface area contributed by atoms with Crippen molar-refractivity contribution in [3.63, 3.8) is 0 Å². The molecule has 0 fully saturated rings. The summed E-state index contributed by atoms with van der Waals surface area (Å²) < 4.78 is 4.98. The molecule has 0 saturated carbocycles. The predicted octanol–water partition coefficient (Wildman–Crippen LogP) is 0.799. The topological polar surface area (TPSA) is 131 Å². The lowest BCUT2D eigenvalue weighted by Crippen LogP contribution is -2.45. The number of hydrogen-bond donors (Lipinski definition) is 4. The number of primary amides is 1. The highest BCUT2D eigenvalue weighted by atomic mass is 35.5. The summed E-state index contributed by atoms with van der Waals surface area (Å²) in [5, 5.41) is 13.6. The molecule has 114 valence electrons. The average Bonchev–Trinajstić information content (AvgIpc) is 2.39. The summed E-state index contributed by atoms with van der Waals surface area (Å²) in [6, 6.07) is 2.31. The molecule has 1 atom stereocenters. The van der Waals surface area contributed by atoms with Gasteiger partial charge in [-0.1, -0.05) is 11.6 Å². The van der Waals surface area contributed by atoms with Crippen molar-refractivity contribution in [3.8, 4) is 5.75 Å². The Kier molecular flexibility index (Phi) is 5.79. The fourth-order valence-corrected chi connectivity index (χ4v) is 1.61. The minimum absolute atomic E-state index is 0.233. The van der Waals surface area contributed by atoms with Crippen LogP contribution in [-0.2, 0) is 9.59 Å². The van der Waals surface area contributed by atoms with Crippen LogP contribution in [-0.4, -0.2) is 36.2 Å². The van der Waals surface area contributed by atoms with Crippen LogP contribution in [0.2, 0.25) is 5.02 Å². The molecule has 0 aliphatic carbocycles. The Labute approximate surface area is 125 Å². The van der Waals surface area contributed by atoms with E-state index in [2.05, 4.69) is 10.6 Å². The zero-order chi connectivity index (χ0) is 16.0. The number of rotatable bonds is 6. The molecule has 0 bridgehead atoms. The first kappa shape index (κ1) is 16.6. The van der Waals surface area contributed by atoms with Gasteiger partial charge in [0.05, 0.1) is 24.2 Å². The fraction of sp³-hybridized carbons (Fsp3) is 0.250. The van der Waals surface area contributed by atoms with E-state index < -0.39 is 30.4 Å². The highest BCUT2D eigenvalue weighted by Gasteiger charge is 2.22. The summed E-state index contributed by atoms with van der Waals surface area (Å²) in [6.45, 7) is 0. The third-order valence-corrected chi connectivity index (χ3v) is 2.76. The van der Waals surface area contributed by atoms with E-state index in [0.717, 1.165) is 0 Å². The van der Waals surface area contributed by atoms with Gasteiger partial charge < -0.3 is 26.2 Å². The summed E-state index contributed by atoms with van der Waals surface area (Å²) in [5.74, 6) is -1.76. The van der Waals surface area contributed by atoms with Gasteiger partial charge >= 0.3 is 12.0 Å². The van der Waals surface area contributed by atoms with Crippen LogP contribution in [0.5, 0.6) is 5.75 Å². The molecule has 0 saturated heterocycles. The molecule has 0 heterocycles. The van der Waals surface area contributed by atoms with E-state index in [-0.39, 0.29) is 10.7 Å². The number of benzene rings is 1. The number of anilines is 1. The van der Waals surface area contributed by atoms with Crippen LogP contribution in [0, 0.1) is 0 Å². The van der Waals surface area contributed by atoms with Crippen molar-refractivity contribution in [1.82, 2.24) is 5.32 Å². The van der Waals surface area contributed by atoms with Gasteiger partial charge in [-0.3, -0.25) is 4.79 Å². The van der Waals surface area contributed by atoms with Crippen LogP contribution < -0.4 is 21.1 Å². The van der Waals surface area contributed by atoms with Crippen molar-refractivity contribution < 1.29 is 24.2 Å². The molecule has 21 heavy (non-hydrogen) atoms. The molecule has 0 aliphatic heterocycles. The second-order valence-electron chi connectivity index (χ2n) is 4.01. The Morgan fingerprint density at radius 1 is 1.43 bits per heavy atom. The number of nitrogens with two attached hydrogens (primary N) is 1. The lowest BCUT2D eigenvalue weighted by molar-refractivity contribution is -0.140. The lowest BCUT2D eigenvalue weighted by Gasteiger charge is -2.14. The number of halogens is 1. The molecule has 0 spiro atoms. The third kappa shape index (κ3) is 5.19. The van der Waals surface area contributed by atoms with Crippen LogP contribution in [0.3, 0.4) is 0 Å². The van der Waals surface area contributed by atoms with Gasteiger partial charge in [0, 0.05) is 6.07 Å². The molecular weight excluding hydrogens is 302 g/mol. The monoisotopic (exact) mass is 315 g/mol. The van der Waals surface area contributed by atoms with Crippen LogP contribution >= 0.6 is 11.6 Å². The van der Waals surface area contributed by atoms with Crippen molar-refractivity contribution in [2.45, 2.75) is 12.5 Å². The third-order valence-electron chi connectivity index (χ3n) is 2.43. The van der Waals surface area contributed by atoms with E-state index in [1.165, 1.54) is 19.2 Å². The number of methoxy groups -OCH3 is 1. The highest BCUT2D eigenvalue weighted by Crippen LogP contribution is 2.26. The number of urea groups is 1. The van der Waals surface area contributed by atoms with E-state index in [0.29, 0.717) is 5.75 Å². The van der Waals surface area contributed by atoms with Gasteiger partial charge in [0.1, 0.15) is 11.8 Å². The first-order valence-corrected chi connectivity index (χ1v) is 6.13. The van der Waals surface area contributed by atoms with Gasteiger partial charge in [-0.2, -0.15) is 0 Å². The van der Waals surface area contributed by atoms with Crippen LogP contribution in [0.4, 0.5) is 10.5 Å². The predicted molar refractivity (Wildman–Crippen MR) is 75.4 cm³/mol. The number of hydrogen-bond acceptors (Lipinski definition) is 4. The summed E-state index contributed by atoms with van der Waals surface area (Å²) in [7, 11) is 1.44. The summed E-state index contributed by atoms with van der Waals surface area (Å²) in [4.78, 5) is 33.4. The summed E-state index contributed by atoms with van der Waals surface area (Å²) >= 11 is 5.89. The number of carboxylic acid groups (broad SMARTS) is 1. The van der Waals surface area contributed by atoms with Gasteiger partial charge in [-0.05, 0) is 12.1 Å². The molecule has 1 aromatic carbocycles. The number of nitrogens with one attached hydrogen (secondary N) is 2. The summed E-state index contributed by atoms with van der Waals surface area (Å²) in [6.07, 6.45) is -0.519. The standard InChI is InChI=1S/C12H14ClN3O5/c1-21-6-2-3-7(13)8(4-6)15-12(20)16-9(11(18)19)5-10(14)17/h2-4,9H,5H2,1H3,(H2,14,17)(H,18,19)(H2,15,16,20)/t9-/m1/s1. The molecule has 0 unspecified atom stereocenters. The van der Waals surface area contributed by atoms with E-state index in [1.807, 2.05) is 0 Å². The lowest BCUT2D eigenvalue weighted by atomic mass is 10.2. The van der Waals surface area contributed by atoms with Crippen molar-refractivity contribution >= 4 is 35.2 Å². The Morgan fingerprint density at radius 3 is 2.62 bits per heavy atom. The maximum atomic E-state index is 11.7. The Hall–Kier alpha value is -2.48. The number of carbonyl (C=O) groups is 3. The second kappa shape index (κ2) is 7.34. The van der Waals surface area contributed by atoms with Crippen molar-refractivity contribution in [2.24, 2.45) is 5.73 Å². The number of carboxylic acids is 1. The first-order valence-electron chi connectivity index (χ1n) is 5.75. The SMILES string of the molecule is COc1ccc(Cl)c(NC(=O)N[C@H](CC(N)=O)C(=O)O)c1. The number of aliphatic carboxylic acids is 1. The Balaban J connectivity index is 2.76. The quantitative estimate of drug-likeness (QED) is 0.616. The van der Waals surface area contributed by atoms with Crippen molar-refractivity contribution in [2.75, 3.05) is 12.4 Å². The normalized spacial score (nSPS) is 11.3. The molecule has 0 radical (unpaired) electrons. The number of amides is 3. The molecule has 5 N–H and O–H groups in total. The van der Waals surface area contributed by atoms with Gasteiger partial charge in [0.25, 0.3) is 0 Å². The molecule has 9 heteroatoms. The molecule has 1 rings (SSSR count). The number of ether oxygens (including phenoxy) is 1. The van der Waals surface area contributed by atoms with Gasteiger partial charge in [0.15, 0.2) is 0 Å². The maximum absolute atomic E-state index is 11.7. The highest BCUT2D eigenvalue weighted by molar-refractivity contribution is 6.33. The van der Waals surface area contributed by atoms with Crippen LogP contribution in [0.1, 0.15) is 6.42 Å². The fourth-order valence-electron chi connectivity index (χ4n) is 1.45. The number of carbonyl (C=O) groups excluding carboxylic acids is 2. The molecule has 1 aromatic rings. The zero-order valence-corrected chi connectivity index (χ0v) is 11.8. The second-order valence-corrected chi connectivity index (χ2v) is 4.41. The smallest absolute Gasteiger partial charge is 0.326 e. The van der Waals surface area contributed by atoms with E-state index in [4.69, 9.17) is 27.2 Å². The Morgan fingerprint density at radius 2 is 2.10 bits per heavy atom. The van der Waals surface area contributed by atoms with Gasteiger partial charge in [-0.15, -0.1) is 0 Å². The van der Waals surface area contributed by atoms with E-state index in [1.54, 1.807) is 6.07 Å². The largest absolute Gasteiger partial charge is 0.497 e. The molecular formula is C12H14ClN3O5. The zero-order valence-electron chi connectivity index (χ0n) is 11.1. The molecule has 8 nitrogen and oxygen atoms in total. The van der Waals surface area contributed by atoms with Gasteiger partial charge in [0.2, 0.25) is 5.91 Å². The molecule has 0 aromatic heterocycles. The van der Waals surface area contributed by atoms with Gasteiger partial charge in [-0.25, -0.2) is 9.59 Å². The average molecular weight is 316 g/mol. The molecule has 0 aliphatic rings. The first-order chi connectivity index (χ1) is 9.83. The maximum Gasteiger partial charge on any atom is 0.326 e. The molecule has 3 amide bonds. The van der Waals surface area contributed by atoms with Crippen molar-refractivity contribution in [1.29, 1.82) is 0 Å². The van der Waals surface area contributed by atoms with E-state index >= 15 is 0 Å². The van der Waals surface area contributed by atoms with E-state index in [9.17, 15) is 14.4 Å². The van der Waals surface area contributed by atoms with Crippen LogP contribution in [0.15, 0.2) is 18.2 Å².